The van der Waals surface area contributed by atoms with Crippen molar-refractivity contribution in [2.75, 3.05) is 13.2 Å². The molecule has 0 radical (unpaired) electrons. The van der Waals surface area contributed by atoms with Crippen molar-refractivity contribution < 1.29 is 9.47 Å². The summed E-state index contributed by atoms with van der Waals surface area (Å²) in [6, 6.07) is 12.0. The number of nitrogens with zero attached hydrogens (tertiary/aromatic N) is 4. The van der Waals surface area contributed by atoms with Gasteiger partial charge in [0, 0.05) is 0 Å². The Kier molecular flexibility index (Phi) is 5.11. The van der Waals surface area contributed by atoms with Gasteiger partial charge in [0.25, 0.3) is 0 Å². The van der Waals surface area contributed by atoms with Crippen molar-refractivity contribution >= 4 is 11.8 Å². The van der Waals surface area contributed by atoms with E-state index in [4.69, 9.17) is 19.4 Å². The molecule has 2 aromatic heterocycles. The zero-order chi connectivity index (χ0) is 19.7. The Bertz CT molecular complexity index is 845. The Hall–Kier alpha value is -2.76. The van der Waals surface area contributed by atoms with Crippen molar-refractivity contribution in [1.29, 1.82) is 0 Å². The van der Waals surface area contributed by atoms with E-state index >= 15 is 0 Å². The summed E-state index contributed by atoms with van der Waals surface area (Å²) >= 11 is 0. The average Bonchev–Trinajstić information content (AvgIpc) is 3.38. The summed E-state index contributed by atoms with van der Waals surface area (Å²) in [7, 11) is 0. The summed E-state index contributed by atoms with van der Waals surface area (Å²) in [4.78, 5) is 18.8. The van der Waals surface area contributed by atoms with Crippen LogP contribution in [0.2, 0.25) is 0 Å². The minimum absolute atomic E-state index is 0.188. The molecule has 0 saturated heterocycles. The normalized spacial score (nSPS) is 21.5. The van der Waals surface area contributed by atoms with Crippen LogP contribution in [0.5, 0.6) is 0 Å². The molecule has 0 saturated carbocycles. The second-order valence-corrected chi connectivity index (χ2v) is 7.93. The maximum absolute atomic E-state index is 5.77. The van der Waals surface area contributed by atoms with E-state index in [0.29, 0.717) is 36.8 Å². The molecule has 6 nitrogen and oxygen atoms in total. The van der Waals surface area contributed by atoms with E-state index in [9.17, 15) is 0 Å². The fraction of sp³-hybridized carbons (Fsp3) is 0.455. The zero-order valence-corrected chi connectivity index (χ0v) is 16.8. The molecule has 0 aromatic carbocycles. The molecule has 0 unspecified atom stereocenters. The predicted octanol–water partition coefficient (Wildman–Crippen LogP) is 3.75. The second kappa shape index (κ2) is 7.70. The molecule has 2 aliphatic heterocycles. The number of hydrogen-bond donors (Lipinski definition) is 0. The van der Waals surface area contributed by atoms with Crippen LogP contribution in [-0.4, -0.2) is 47.1 Å². The maximum Gasteiger partial charge on any atom is 0.235 e. The fourth-order valence-electron chi connectivity index (χ4n) is 3.14. The number of ether oxygens (including phenoxy) is 2. The van der Waals surface area contributed by atoms with Gasteiger partial charge in [-0.25, -0.2) is 20.0 Å². The summed E-state index contributed by atoms with van der Waals surface area (Å²) in [6.07, 6.45) is 0. The molecule has 4 heterocycles. The molecule has 0 spiro atoms. The smallest absolute Gasteiger partial charge is 0.235 e. The fourth-order valence-corrected chi connectivity index (χ4v) is 3.14. The standard InChI is InChI=1S/C22H26N4O2/c1-13(2)19-11-27-21(25-19)17-9-5-7-15(23-17)16-8-6-10-18(24-16)22-26-20(12-28-22)14(3)4/h5-10,13-14,19-20H,11-12H2,1-4H3/t19-,20-/m1/s1. The first kappa shape index (κ1) is 18.6. The van der Waals surface area contributed by atoms with Crippen molar-refractivity contribution in [1.82, 2.24) is 9.97 Å². The molecular formula is C22H26N4O2. The Morgan fingerprint density at radius 1 is 0.679 bits per heavy atom. The van der Waals surface area contributed by atoms with Crippen LogP contribution < -0.4 is 0 Å². The highest BCUT2D eigenvalue weighted by atomic mass is 16.5. The van der Waals surface area contributed by atoms with Crippen LogP contribution in [0.25, 0.3) is 11.4 Å². The molecule has 2 atom stereocenters. The number of aromatic nitrogens is 2. The molecule has 146 valence electrons. The molecule has 6 heteroatoms. The second-order valence-electron chi connectivity index (χ2n) is 7.93. The number of rotatable bonds is 5. The van der Waals surface area contributed by atoms with Gasteiger partial charge in [-0.2, -0.15) is 0 Å². The van der Waals surface area contributed by atoms with Gasteiger partial charge >= 0.3 is 0 Å². The maximum atomic E-state index is 5.77. The highest BCUT2D eigenvalue weighted by Crippen LogP contribution is 2.21. The topological polar surface area (TPSA) is 69.0 Å². The molecule has 0 aliphatic carbocycles. The van der Waals surface area contributed by atoms with E-state index in [1.807, 2.05) is 36.4 Å². The van der Waals surface area contributed by atoms with Crippen LogP contribution >= 0.6 is 0 Å². The average molecular weight is 378 g/mol. The van der Waals surface area contributed by atoms with Crippen LogP contribution in [0.15, 0.2) is 46.4 Å². The third kappa shape index (κ3) is 3.77. The number of pyridine rings is 2. The predicted molar refractivity (Wildman–Crippen MR) is 110 cm³/mol. The van der Waals surface area contributed by atoms with Gasteiger partial charge in [0.05, 0.1) is 23.5 Å². The highest BCUT2D eigenvalue weighted by molar-refractivity contribution is 5.94. The van der Waals surface area contributed by atoms with Crippen molar-refractivity contribution in [2.24, 2.45) is 21.8 Å². The van der Waals surface area contributed by atoms with Gasteiger partial charge in [-0.15, -0.1) is 0 Å². The van der Waals surface area contributed by atoms with E-state index in [0.717, 1.165) is 22.8 Å². The van der Waals surface area contributed by atoms with Gasteiger partial charge in [-0.1, -0.05) is 39.8 Å². The largest absolute Gasteiger partial charge is 0.474 e. The third-order valence-corrected chi connectivity index (χ3v) is 5.09. The molecule has 0 N–H and O–H groups in total. The summed E-state index contributed by atoms with van der Waals surface area (Å²) in [6.45, 7) is 9.82. The Morgan fingerprint density at radius 2 is 1.07 bits per heavy atom. The third-order valence-electron chi connectivity index (χ3n) is 5.09. The Labute approximate surface area is 165 Å². The van der Waals surface area contributed by atoms with E-state index < -0.39 is 0 Å². The van der Waals surface area contributed by atoms with E-state index in [1.165, 1.54) is 0 Å². The van der Waals surface area contributed by atoms with Crippen molar-refractivity contribution in [3.05, 3.63) is 47.8 Å². The first-order valence-corrected chi connectivity index (χ1v) is 9.87. The van der Waals surface area contributed by atoms with Gasteiger partial charge in [-0.3, -0.25) is 0 Å². The Balaban J connectivity index is 1.61. The van der Waals surface area contributed by atoms with Crippen molar-refractivity contribution in [3.63, 3.8) is 0 Å². The van der Waals surface area contributed by atoms with Gasteiger partial charge < -0.3 is 9.47 Å². The van der Waals surface area contributed by atoms with E-state index in [1.54, 1.807) is 0 Å². The summed E-state index contributed by atoms with van der Waals surface area (Å²) in [5.41, 5.74) is 3.03. The summed E-state index contributed by atoms with van der Waals surface area (Å²) < 4.78 is 11.5. The molecule has 2 aromatic rings. The monoisotopic (exact) mass is 378 g/mol. The van der Waals surface area contributed by atoms with Crippen LogP contribution in [0.1, 0.15) is 39.1 Å². The lowest BCUT2D eigenvalue weighted by Gasteiger charge is -2.06. The van der Waals surface area contributed by atoms with Gasteiger partial charge in [0.1, 0.15) is 24.6 Å². The quantitative estimate of drug-likeness (QED) is 0.795. The SMILES string of the molecule is CC(C)[C@H]1COC(c2cccc(-c3cccc(C4=N[C@@H](C(C)C)CO4)n3)n2)=N1. The number of aliphatic imine (C=N–C) groups is 2. The van der Waals surface area contributed by atoms with E-state index in [-0.39, 0.29) is 12.1 Å². The van der Waals surface area contributed by atoms with Gasteiger partial charge in [0.15, 0.2) is 0 Å². The zero-order valence-electron chi connectivity index (χ0n) is 16.8. The molecule has 2 aliphatic rings. The van der Waals surface area contributed by atoms with Crippen LogP contribution in [0.4, 0.5) is 0 Å². The minimum atomic E-state index is 0.188. The molecule has 0 bridgehead atoms. The van der Waals surface area contributed by atoms with Gasteiger partial charge in [-0.05, 0) is 36.1 Å². The molecule has 0 fully saturated rings. The lowest BCUT2D eigenvalue weighted by Crippen LogP contribution is -2.13. The van der Waals surface area contributed by atoms with Crippen LogP contribution in [0, 0.1) is 11.8 Å². The number of hydrogen-bond acceptors (Lipinski definition) is 6. The summed E-state index contributed by atoms with van der Waals surface area (Å²) in [5.74, 6) is 2.11. The van der Waals surface area contributed by atoms with Gasteiger partial charge in [0.2, 0.25) is 11.8 Å². The van der Waals surface area contributed by atoms with Crippen LogP contribution in [-0.2, 0) is 9.47 Å². The molecular weight excluding hydrogens is 352 g/mol. The minimum Gasteiger partial charge on any atom is -0.474 e. The lowest BCUT2D eigenvalue weighted by molar-refractivity contribution is 0.291. The lowest BCUT2D eigenvalue weighted by atomic mass is 10.1. The first-order valence-electron chi connectivity index (χ1n) is 9.87. The molecule has 28 heavy (non-hydrogen) atoms. The summed E-state index contributed by atoms with van der Waals surface area (Å²) in [5, 5.41) is 0. The van der Waals surface area contributed by atoms with Crippen molar-refractivity contribution in [3.8, 4) is 11.4 Å². The molecule has 4 rings (SSSR count). The highest BCUT2D eigenvalue weighted by Gasteiger charge is 2.25. The van der Waals surface area contributed by atoms with E-state index in [2.05, 4.69) is 37.7 Å². The first-order chi connectivity index (χ1) is 13.5. The van der Waals surface area contributed by atoms with Crippen LogP contribution in [0.3, 0.4) is 0 Å². The van der Waals surface area contributed by atoms with Crippen molar-refractivity contribution in [2.45, 2.75) is 39.8 Å². The Morgan fingerprint density at radius 3 is 1.43 bits per heavy atom. The molecule has 0 amide bonds.